The summed E-state index contributed by atoms with van der Waals surface area (Å²) in [6.45, 7) is 0. The summed E-state index contributed by atoms with van der Waals surface area (Å²) in [7, 11) is 3.33. The van der Waals surface area contributed by atoms with Crippen LogP contribution in [0.25, 0.3) is 0 Å². The number of hydroxylamine groups is 2. The van der Waals surface area contributed by atoms with Gasteiger partial charge in [0.25, 0.3) is 0 Å². The third-order valence-electron chi connectivity index (χ3n) is 3.94. The molecule has 2 aliphatic rings. The first-order chi connectivity index (χ1) is 8.68. The van der Waals surface area contributed by atoms with Gasteiger partial charge >= 0.3 is 5.97 Å². The molecule has 1 spiro atoms. The number of carbonyl (C=O) groups excluding carboxylic acids is 1. The molecule has 4 nitrogen and oxygen atoms in total. The maximum absolute atomic E-state index is 12.1. The Bertz CT molecular complexity index is 455. The molecular formula is C14H17NO3. The van der Waals surface area contributed by atoms with Gasteiger partial charge in [0.05, 0.1) is 13.2 Å². The molecule has 0 N–H and O–H groups in total. The van der Waals surface area contributed by atoms with Gasteiger partial charge in [-0.25, -0.2) is 0 Å². The second-order valence-corrected chi connectivity index (χ2v) is 5.06. The maximum Gasteiger partial charge on any atom is 0.313 e. The van der Waals surface area contributed by atoms with Crippen LogP contribution < -0.4 is 0 Å². The van der Waals surface area contributed by atoms with E-state index in [0.29, 0.717) is 0 Å². The highest BCUT2D eigenvalue weighted by Crippen LogP contribution is 2.57. The van der Waals surface area contributed by atoms with Crippen molar-refractivity contribution in [3.8, 4) is 0 Å². The Morgan fingerprint density at radius 3 is 2.61 bits per heavy atom. The minimum atomic E-state index is -0.317. The quantitative estimate of drug-likeness (QED) is 0.748. The van der Waals surface area contributed by atoms with Gasteiger partial charge in [-0.05, 0) is 18.4 Å². The van der Waals surface area contributed by atoms with Crippen molar-refractivity contribution < 1.29 is 14.4 Å². The van der Waals surface area contributed by atoms with Gasteiger partial charge in [0.1, 0.15) is 11.5 Å². The summed E-state index contributed by atoms with van der Waals surface area (Å²) in [5, 5.41) is 1.81. The number of esters is 1. The third kappa shape index (κ3) is 1.64. The van der Waals surface area contributed by atoms with Crippen molar-refractivity contribution in [2.24, 2.45) is 5.92 Å². The highest BCUT2D eigenvalue weighted by atomic mass is 16.7. The van der Waals surface area contributed by atoms with E-state index in [1.807, 2.05) is 42.4 Å². The molecular weight excluding hydrogens is 230 g/mol. The van der Waals surface area contributed by atoms with Crippen LogP contribution in [0.15, 0.2) is 30.3 Å². The van der Waals surface area contributed by atoms with Gasteiger partial charge in [0.15, 0.2) is 0 Å². The fraction of sp³-hybridized carbons (Fsp3) is 0.500. The van der Waals surface area contributed by atoms with Crippen molar-refractivity contribution in [2.45, 2.75) is 24.5 Å². The molecule has 4 heteroatoms. The van der Waals surface area contributed by atoms with Crippen LogP contribution in [0.4, 0.5) is 0 Å². The van der Waals surface area contributed by atoms with E-state index < -0.39 is 0 Å². The lowest BCUT2D eigenvalue weighted by atomic mass is 9.88. The minimum Gasteiger partial charge on any atom is -0.469 e. The highest BCUT2D eigenvalue weighted by molar-refractivity contribution is 5.76. The molecule has 96 valence electrons. The fourth-order valence-electron chi connectivity index (χ4n) is 2.95. The number of methoxy groups -OCH3 is 1. The molecule has 1 aromatic carbocycles. The second kappa shape index (κ2) is 4.07. The lowest BCUT2D eigenvalue weighted by Gasteiger charge is -2.21. The number of benzene rings is 1. The molecule has 0 unspecified atom stereocenters. The van der Waals surface area contributed by atoms with Crippen molar-refractivity contribution >= 4 is 5.97 Å². The van der Waals surface area contributed by atoms with Gasteiger partial charge in [-0.3, -0.25) is 9.63 Å². The van der Waals surface area contributed by atoms with E-state index in [9.17, 15) is 4.79 Å². The van der Waals surface area contributed by atoms with Crippen LogP contribution in [0.3, 0.4) is 0 Å². The first kappa shape index (κ1) is 11.7. The molecule has 0 aromatic heterocycles. The van der Waals surface area contributed by atoms with Gasteiger partial charge in [0, 0.05) is 7.05 Å². The summed E-state index contributed by atoms with van der Waals surface area (Å²) >= 11 is 0. The zero-order chi connectivity index (χ0) is 12.8. The van der Waals surface area contributed by atoms with Gasteiger partial charge < -0.3 is 4.74 Å². The number of nitrogens with zero attached hydrogens (tertiary/aromatic N) is 1. The first-order valence-corrected chi connectivity index (χ1v) is 6.23. The standard InChI is InChI=1S/C14H17NO3/c1-15-12(10-6-4-3-5-7-10)11(13(16)17-2)14(18-15)8-9-14/h3-7,11-12H,8-9H2,1-2H3/t11-,12+/m0/s1. The van der Waals surface area contributed by atoms with Crippen LogP contribution >= 0.6 is 0 Å². The Kier molecular flexibility index (Phi) is 2.64. The van der Waals surface area contributed by atoms with Crippen LogP contribution in [0, 0.1) is 5.92 Å². The first-order valence-electron chi connectivity index (χ1n) is 6.23. The largest absolute Gasteiger partial charge is 0.469 e. The molecule has 0 amide bonds. The highest BCUT2D eigenvalue weighted by Gasteiger charge is 2.64. The van der Waals surface area contributed by atoms with E-state index >= 15 is 0 Å². The summed E-state index contributed by atoms with van der Waals surface area (Å²) in [5.41, 5.74) is 0.779. The lowest BCUT2D eigenvalue weighted by Crippen LogP contribution is -2.31. The molecule has 1 saturated heterocycles. The Morgan fingerprint density at radius 1 is 1.39 bits per heavy atom. The zero-order valence-electron chi connectivity index (χ0n) is 10.6. The Hall–Kier alpha value is -1.39. The third-order valence-corrected chi connectivity index (χ3v) is 3.94. The fourth-order valence-corrected chi connectivity index (χ4v) is 2.95. The lowest BCUT2D eigenvalue weighted by molar-refractivity contribution is -0.159. The molecule has 0 bridgehead atoms. The van der Waals surface area contributed by atoms with Gasteiger partial charge in [-0.1, -0.05) is 30.3 Å². The molecule has 1 aromatic rings. The molecule has 2 atom stereocenters. The number of rotatable bonds is 2. The summed E-state index contributed by atoms with van der Waals surface area (Å²) in [4.78, 5) is 18.0. The molecule has 3 rings (SSSR count). The zero-order valence-corrected chi connectivity index (χ0v) is 10.6. The number of carbonyl (C=O) groups is 1. The van der Waals surface area contributed by atoms with Crippen molar-refractivity contribution in [3.63, 3.8) is 0 Å². The van der Waals surface area contributed by atoms with Crippen molar-refractivity contribution in [1.82, 2.24) is 5.06 Å². The van der Waals surface area contributed by atoms with Gasteiger partial charge in [0.2, 0.25) is 0 Å². The number of hydrogen-bond acceptors (Lipinski definition) is 4. The number of hydrogen-bond donors (Lipinski definition) is 0. The Morgan fingerprint density at radius 2 is 2.06 bits per heavy atom. The van der Waals surface area contributed by atoms with Crippen LogP contribution in [0.5, 0.6) is 0 Å². The molecule has 1 saturated carbocycles. The normalized spacial score (nSPS) is 29.4. The van der Waals surface area contributed by atoms with Crippen molar-refractivity contribution in [2.75, 3.05) is 14.2 Å². The molecule has 1 heterocycles. The summed E-state index contributed by atoms with van der Waals surface area (Å²) in [5.74, 6) is -0.402. The predicted octanol–water partition coefficient (Wildman–Crippen LogP) is 1.93. The average molecular weight is 247 g/mol. The topological polar surface area (TPSA) is 38.8 Å². The van der Waals surface area contributed by atoms with Crippen LogP contribution in [-0.4, -0.2) is 30.8 Å². The van der Waals surface area contributed by atoms with Gasteiger partial charge in [-0.15, -0.1) is 0 Å². The Balaban J connectivity index is 1.98. The van der Waals surface area contributed by atoms with E-state index in [1.54, 1.807) is 0 Å². The smallest absolute Gasteiger partial charge is 0.313 e. The molecule has 1 aliphatic carbocycles. The second-order valence-electron chi connectivity index (χ2n) is 5.06. The molecule has 18 heavy (non-hydrogen) atoms. The summed E-state index contributed by atoms with van der Waals surface area (Å²) in [6, 6.07) is 9.94. The minimum absolute atomic E-state index is 0.0545. The van der Waals surface area contributed by atoms with E-state index in [4.69, 9.17) is 9.57 Å². The SMILES string of the molecule is COC(=O)[C@@H]1[C@@H](c2ccccc2)N(C)OC12CC2. The summed E-state index contributed by atoms with van der Waals surface area (Å²) in [6.07, 6.45) is 1.86. The molecule has 2 fully saturated rings. The Labute approximate surface area is 106 Å². The maximum atomic E-state index is 12.1. The average Bonchev–Trinajstić information content (AvgIpc) is 3.08. The van der Waals surface area contributed by atoms with Gasteiger partial charge in [-0.2, -0.15) is 5.06 Å². The molecule has 0 radical (unpaired) electrons. The van der Waals surface area contributed by atoms with Crippen molar-refractivity contribution in [3.05, 3.63) is 35.9 Å². The number of ether oxygens (including phenoxy) is 1. The van der Waals surface area contributed by atoms with E-state index in [1.165, 1.54) is 7.11 Å². The molecule has 1 aliphatic heterocycles. The predicted molar refractivity (Wildman–Crippen MR) is 65.5 cm³/mol. The van der Waals surface area contributed by atoms with Crippen LogP contribution in [-0.2, 0) is 14.4 Å². The van der Waals surface area contributed by atoms with Crippen LogP contribution in [0.2, 0.25) is 0 Å². The van der Waals surface area contributed by atoms with E-state index in [2.05, 4.69) is 0 Å². The van der Waals surface area contributed by atoms with E-state index in [0.717, 1.165) is 18.4 Å². The summed E-state index contributed by atoms with van der Waals surface area (Å²) < 4.78 is 4.96. The van der Waals surface area contributed by atoms with E-state index in [-0.39, 0.29) is 23.5 Å². The monoisotopic (exact) mass is 247 g/mol. The van der Waals surface area contributed by atoms with Crippen molar-refractivity contribution in [1.29, 1.82) is 0 Å². The van der Waals surface area contributed by atoms with Crippen LogP contribution in [0.1, 0.15) is 24.4 Å².